The van der Waals surface area contributed by atoms with Gasteiger partial charge in [-0.05, 0) is 58.7 Å². The summed E-state index contributed by atoms with van der Waals surface area (Å²) < 4.78 is 49.6. The van der Waals surface area contributed by atoms with Crippen molar-refractivity contribution < 1.29 is 22.6 Å². The van der Waals surface area contributed by atoms with Gasteiger partial charge in [0.05, 0.1) is 16.1 Å². The van der Waals surface area contributed by atoms with E-state index in [2.05, 4.69) is 0 Å². The minimum absolute atomic E-state index is 0.0914. The quantitative estimate of drug-likeness (QED) is 0.264. The Labute approximate surface area is 211 Å². The van der Waals surface area contributed by atoms with Gasteiger partial charge >= 0.3 is 6.18 Å². The SMILES string of the molecule is FC(F)(F)c1ccc(COc2ccc(-c3ccc(C4COC(c5ccccc5Cl)=N4)cc3)cc2)cc1. The number of benzene rings is 4. The number of rotatable bonds is 6. The predicted octanol–water partition coefficient (Wildman–Crippen LogP) is 8.12. The standard InChI is InChI=1S/C29H21ClF3NO2/c30-26-4-2-1-3-25(26)28-34-27(18-36-28)22-9-7-20(8-10-22)21-11-15-24(16-12-21)35-17-19-5-13-23(14-6-19)29(31,32)33/h1-16,27H,17-18H2. The molecule has 0 N–H and O–H groups in total. The Balaban J connectivity index is 1.21. The Kier molecular flexibility index (Phi) is 6.70. The second kappa shape index (κ2) is 10.1. The van der Waals surface area contributed by atoms with Gasteiger partial charge in [-0.15, -0.1) is 0 Å². The van der Waals surface area contributed by atoms with E-state index in [1.807, 2.05) is 72.8 Å². The first-order chi connectivity index (χ1) is 17.4. The third-order valence-corrected chi connectivity index (χ3v) is 6.25. The topological polar surface area (TPSA) is 30.8 Å². The van der Waals surface area contributed by atoms with Gasteiger partial charge in [0.1, 0.15) is 25.0 Å². The minimum Gasteiger partial charge on any atom is -0.489 e. The van der Waals surface area contributed by atoms with E-state index in [0.29, 0.717) is 28.8 Å². The molecule has 1 heterocycles. The molecule has 0 aromatic heterocycles. The fourth-order valence-electron chi connectivity index (χ4n) is 3.92. The van der Waals surface area contributed by atoms with Gasteiger partial charge in [-0.25, -0.2) is 4.99 Å². The van der Waals surface area contributed by atoms with Gasteiger partial charge < -0.3 is 9.47 Å². The van der Waals surface area contributed by atoms with Crippen molar-refractivity contribution in [2.24, 2.45) is 4.99 Å². The fourth-order valence-corrected chi connectivity index (χ4v) is 4.14. The van der Waals surface area contributed by atoms with Crippen LogP contribution in [0.5, 0.6) is 5.75 Å². The summed E-state index contributed by atoms with van der Waals surface area (Å²) in [5, 5.41) is 0.610. The zero-order valence-corrected chi connectivity index (χ0v) is 19.8. The molecule has 4 aromatic carbocycles. The van der Waals surface area contributed by atoms with Crippen LogP contribution in [0.1, 0.15) is 28.3 Å². The number of aliphatic imine (C=N–C) groups is 1. The molecule has 0 radical (unpaired) electrons. The minimum atomic E-state index is -4.34. The zero-order valence-electron chi connectivity index (χ0n) is 19.0. The first-order valence-electron chi connectivity index (χ1n) is 11.3. The lowest BCUT2D eigenvalue weighted by atomic mass is 10.0. The summed E-state index contributed by atoms with van der Waals surface area (Å²) in [5.41, 5.74) is 3.90. The van der Waals surface area contributed by atoms with E-state index in [0.717, 1.165) is 34.4 Å². The van der Waals surface area contributed by atoms with Crippen molar-refractivity contribution in [3.8, 4) is 16.9 Å². The maximum atomic E-state index is 12.7. The first-order valence-corrected chi connectivity index (χ1v) is 11.7. The van der Waals surface area contributed by atoms with Gasteiger partial charge in [0.2, 0.25) is 5.90 Å². The monoisotopic (exact) mass is 507 g/mol. The second-order valence-electron chi connectivity index (χ2n) is 8.37. The van der Waals surface area contributed by atoms with Crippen LogP contribution in [0.15, 0.2) is 102 Å². The number of ether oxygens (including phenoxy) is 2. The van der Waals surface area contributed by atoms with Crippen molar-refractivity contribution in [2.45, 2.75) is 18.8 Å². The third-order valence-electron chi connectivity index (χ3n) is 5.93. The molecule has 0 amide bonds. The molecule has 5 rings (SSSR count). The Morgan fingerprint density at radius 3 is 2.11 bits per heavy atom. The number of hydrogen-bond donors (Lipinski definition) is 0. The molecule has 1 aliphatic heterocycles. The molecular weight excluding hydrogens is 487 g/mol. The number of hydrogen-bond acceptors (Lipinski definition) is 3. The lowest BCUT2D eigenvalue weighted by Gasteiger charge is -2.10. The average Bonchev–Trinajstić information content (AvgIpc) is 3.38. The highest BCUT2D eigenvalue weighted by Crippen LogP contribution is 2.31. The van der Waals surface area contributed by atoms with Gasteiger partial charge in [0.15, 0.2) is 0 Å². The number of alkyl halides is 3. The highest BCUT2D eigenvalue weighted by molar-refractivity contribution is 6.33. The van der Waals surface area contributed by atoms with Crippen molar-refractivity contribution in [1.82, 2.24) is 0 Å². The molecule has 4 aromatic rings. The molecule has 36 heavy (non-hydrogen) atoms. The lowest BCUT2D eigenvalue weighted by Crippen LogP contribution is -2.05. The van der Waals surface area contributed by atoms with Crippen molar-refractivity contribution >= 4 is 17.5 Å². The normalized spacial score (nSPS) is 15.3. The van der Waals surface area contributed by atoms with Crippen LogP contribution in [0, 0.1) is 0 Å². The molecular formula is C29H21ClF3NO2. The molecule has 7 heteroatoms. The molecule has 3 nitrogen and oxygen atoms in total. The molecule has 0 bridgehead atoms. The Bertz CT molecular complexity index is 1370. The van der Waals surface area contributed by atoms with Crippen molar-refractivity contribution in [1.29, 1.82) is 0 Å². The van der Waals surface area contributed by atoms with Crippen LogP contribution < -0.4 is 4.74 Å². The fraction of sp³-hybridized carbons (Fsp3) is 0.138. The molecule has 182 valence electrons. The van der Waals surface area contributed by atoms with E-state index >= 15 is 0 Å². The zero-order chi connectivity index (χ0) is 25.1. The highest BCUT2D eigenvalue weighted by Gasteiger charge is 2.30. The lowest BCUT2D eigenvalue weighted by molar-refractivity contribution is -0.137. The van der Waals surface area contributed by atoms with Gasteiger partial charge in [0.25, 0.3) is 0 Å². The summed E-state index contributed by atoms with van der Waals surface area (Å²) in [5.74, 6) is 1.20. The Hall–Kier alpha value is -3.77. The summed E-state index contributed by atoms with van der Waals surface area (Å²) in [4.78, 5) is 4.70. The molecule has 0 spiro atoms. The van der Waals surface area contributed by atoms with E-state index in [1.165, 1.54) is 12.1 Å². The maximum Gasteiger partial charge on any atom is 0.416 e. The number of halogens is 4. The molecule has 1 aliphatic rings. The van der Waals surface area contributed by atoms with Crippen molar-refractivity contribution in [2.75, 3.05) is 6.61 Å². The second-order valence-corrected chi connectivity index (χ2v) is 8.78. The van der Waals surface area contributed by atoms with E-state index in [1.54, 1.807) is 0 Å². The molecule has 0 fully saturated rings. The maximum absolute atomic E-state index is 12.7. The van der Waals surface area contributed by atoms with Gasteiger partial charge in [0, 0.05) is 0 Å². The van der Waals surface area contributed by atoms with E-state index < -0.39 is 11.7 Å². The average molecular weight is 508 g/mol. The van der Waals surface area contributed by atoms with Crippen molar-refractivity contribution in [3.05, 3.63) is 124 Å². The van der Waals surface area contributed by atoms with Crippen LogP contribution in [0.3, 0.4) is 0 Å². The van der Waals surface area contributed by atoms with Crippen LogP contribution >= 0.6 is 11.6 Å². The third kappa shape index (κ3) is 5.39. The molecule has 1 unspecified atom stereocenters. The Morgan fingerprint density at radius 1 is 0.833 bits per heavy atom. The van der Waals surface area contributed by atoms with Crippen LogP contribution in [0.4, 0.5) is 13.2 Å². The summed E-state index contributed by atoms with van der Waals surface area (Å²) in [6.07, 6.45) is -4.34. The van der Waals surface area contributed by atoms with Gasteiger partial charge in [-0.1, -0.05) is 72.3 Å². The molecule has 0 saturated carbocycles. The largest absolute Gasteiger partial charge is 0.489 e. The van der Waals surface area contributed by atoms with Crippen molar-refractivity contribution in [3.63, 3.8) is 0 Å². The van der Waals surface area contributed by atoms with Crippen LogP contribution in [0.2, 0.25) is 5.02 Å². The highest BCUT2D eigenvalue weighted by atomic mass is 35.5. The predicted molar refractivity (Wildman–Crippen MR) is 134 cm³/mol. The first kappa shape index (κ1) is 23.9. The molecule has 0 saturated heterocycles. The van der Waals surface area contributed by atoms with E-state index in [-0.39, 0.29) is 12.6 Å². The van der Waals surface area contributed by atoms with E-state index in [4.69, 9.17) is 26.1 Å². The van der Waals surface area contributed by atoms with E-state index in [9.17, 15) is 13.2 Å². The van der Waals surface area contributed by atoms with Gasteiger partial charge in [-0.2, -0.15) is 13.2 Å². The van der Waals surface area contributed by atoms with Crippen LogP contribution in [-0.4, -0.2) is 12.5 Å². The summed E-state index contributed by atoms with van der Waals surface area (Å²) in [7, 11) is 0. The van der Waals surface area contributed by atoms with Crippen LogP contribution in [0.25, 0.3) is 11.1 Å². The molecule has 0 aliphatic carbocycles. The number of nitrogens with zero attached hydrogens (tertiary/aromatic N) is 1. The van der Waals surface area contributed by atoms with Crippen LogP contribution in [-0.2, 0) is 17.5 Å². The summed E-state index contributed by atoms with van der Waals surface area (Å²) in [6.45, 7) is 0.650. The smallest absolute Gasteiger partial charge is 0.416 e. The van der Waals surface area contributed by atoms with Gasteiger partial charge in [-0.3, -0.25) is 0 Å². The molecule has 1 atom stereocenters. The summed E-state index contributed by atoms with van der Waals surface area (Å²) >= 11 is 6.26. The summed E-state index contributed by atoms with van der Waals surface area (Å²) in [6, 6.07) is 28.1. The Morgan fingerprint density at radius 2 is 1.47 bits per heavy atom.